The molecule has 0 spiro atoms. The predicted octanol–water partition coefficient (Wildman–Crippen LogP) is 2.79. The summed E-state index contributed by atoms with van der Waals surface area (Å²) in [6.07, 6.45) is 0. The highest BCUT2D eigenvalue weighted by Gasteiger charge is 2.20. The molecule has 0 aliphatic heterocycles. The number of aromatic nitrogens is 1. The van der Waals surface area contributed by atoms with Crippen molar-refractivity contribution < 1.29 is 17.9 Å². The molecule has 0 radical (unpaired) electrons. The Morgan fingerprint density at radius 2 is 1.77 bits per heavy atom. The van der Waals surface area contributed by atoms with E-state index < -0.39 is 15.8 Å². The Morgan fingerprint density at radius 3 is 2.45 bits per heavy atom. The van der Waals surface area contributed by atoms with Crippen LogP contribution >= 0.6 is 0 Å². The van der Waals surface area contributed by atoms with Gasteiger partial charge in [-0.2, -0.15) is 0 Å². The van der Waals surface area contributed by atoms with E-state index in [1.807, 2.05) is 0 Å². The fourth-order valence-corrected chi connectivity index (χ4v) is 3.52. The molecule has 2 aromatic carbocycles. The SMILES string of the molecule is COC(=O)c1ccc2[nH]c(S(=O)(=O)c3ccccc3)cc2c1. The lowest BCUT2D eigenvalue weighted by molar-refractivity contribution is 0.0601. The molecule has 0 amide bonds. The highest BCUT2D eigenvalue weighted by molar-refractivity contribution is 7.91. The number of aromatic amines is 1. The second-order valence-corrected chi connectivity index (χ2v) is 6.66. The fraction of sp³-hybridized carbons (Fsp3) is 0.0625. The number of hydrogen-bond donors (Lipinski definition) is 1. The van der Waals surface area contributed by atoms with Crippen LogP contribution in [0.4, 0.5) is 0 Å². The number of esters is 1. The Labute approximate surface area is 127 Å². The van der Waals surface area contributed by atoms with Gasteiger partial charge in [-0.05, 0) is 36.4 Å². The smallest absolute Gasteiger partial charge is 0.337 e. The van der Waals surface area contributed by atoms with Gasteiger partial charge in [-0.3, -0.25) is 0 Å². The van der Waals surface area contributed by atoms with Crippen molar-refractivity contribution in [2.24, 2.45) is 0 Å². The summed E-state index contributed by atoms with van der Waals surface area (Å²) in [7, 11) is -2.31. The van der Waals surface area contributed by atoms with Gasteiger partial charge in [0, 0.05) is 10.9 Å². The largest absolute Gasteiger partial charge is 0.465 e. The summed E-state index contributed by atoms with van der Waals surface area (Å²) in [6, 6.07) is 14.5. The third-order valence-corrected chi connectivity index (χ3v) is 5.05. The van der Waals surface area contributed by atoms with Crippen LogP contribution in [0, 0.1) is 0 Å². The van der Waals surface area contributed by atoms with Crippen LogP contribution in [0.3, 0.4) is 0 Å². The first kappa shape index (κ1) is 14.3. The van der Waals surface area contributed by atoms with E-state index in [4.69, 9.17) is 0 Å². The van der Waals surface area contributed by atoms with E-state index in [0.717, 1.165) is 0 Å². The molecule has 0 unspecified atom stereocenters. The van der Waals surface area contributed by atoms with E-state index in [9.17, 15) is 13.2 Å². The third kappa shape index (κ3) is 2.37. The van der Waals surface area contributed by atoms with E-state index in [2.05, 4.69) is 9.72 Å². The van der Waals surface area contributed by atoms with Gasteiger partial charge in [0.2, 0.25) is 9.84 Å². The molecule has 0 saturated heterocycles. The Morgan fingerprint density at radius 1 is 1.05 bits per heavy atom. The van der Waals surface area contributed by atoms with E-state index in [1.165, 1.54) is 13.2 Å². The quantitative estimate of drug-likeness (QED) is 0.754. The van der Waals surface area contributed by atoms with Crippen LogP contribution in [0.1, 0.15) is 10.4 Å². The number of carbonyl (C=O) groups excluding carboxylic acids is 1. The molecule has 0 bridgehead atoms. The van der Waals surface area contributed by atoms with Gasteiger partial charge in [0.1, 0.15) is 5.03 Å². The lowest BCUT2D eigenvalue weighted by atomic mass is 10.1. The highest BCUT2D eigenvalue weighted by Crippen LogP contribution is 2.25. The molecule has 0 saturated carbocycles. The van der Waals surface area contributed by atoms with E-state index in [0.29, 0.717) is 16.5 Å². The average molecular weight is 315 g/mol. The van der Waals surface area contributed by atoms with E-state index in [1.54, 1.807) is 48.5 Å². The van der Waals surface area contributed by atoms with Crippen LogP contribution in [0.25, 0.3) is 10.9 Å². The summed E-state index contributed by atoms with van der Waals surface area (Å²) in [5, 5.41) is 0.730. The summed E-state index contributed by atoms with van der Waals surface area (Å²) in [5.74, 6) is -0.462. The first-order chi connectivity index (χ1) is 10.5. The summed E-state index contributed by atoms with van der Waals surface area (Å²) in [6.45, 7) is 0. The van der Waals surface area contributed by atoms with Gasteiger partial charge in [-0.1, -0.05) is 18.2 Å². The zero-order valence-electron chi connectivity index (χ0n) is 11.7. The third-order valence-electron chi connectivity index (χ3n) is 3.36. The number of hydrogen-bond acceptors (Lipinski definition) is 4. The van der Waals surface area contributed by atoms with Crippen LogP contribution < -0.4 is 0 Å². The molecule has 0 aliphatic carbocycles. The van der Waals surface area contributed by atoms with E-state index in [-0.39, 0.29) is 9.92 Å². The van der Waals surface area contributed by atoms with Crippen molar-refractivity contribution >= 4 is 26.7 Å². The highest BCUT2D eigenvalue weighted by atomic mass is 32.2. The molecular formula is C16H13NO4S. The molecule has 112 valence electrons. The van der Waals surface area contributed by atoms with Gasteiger partial charge in [0.05, 0.1) is 17.6 Å². The second kappa shape index (κ2) is 5.31. The van der Waals surface area contributed by atoms with Crippen LogP contribution in [-0.4, -0.2) is 26.5 Å². The summed E-state index contributed by atoms with van der Waals surface area (Å²) in [5.41, 5.74) is 1.01. The minimum Gasteiger partial charge on any atom is -0.465 e. The Bertz CT molecular complexity index is 943. The monoisotopic (exact) mass is 315 g/mol. The minimum atomic E-state index is -3.61. The fourth-order valence-electron chi connectivity index (χ4n) is 2.22. The topological polar surface area (TPSA) is 76.2 Å². The number of sulfone groups is 1. The zero-order valence-corrected chi connectivity index (χ0v) is 12.6. The minimum absolute atomic E-state index is 0.0933. The molecule has 1 N–H and O–H groups in total. The van der Waals surface area contributed by atoms with E-state index >= 15 is 0 Å². The molecule has 5 nitrogen and oxygen atoms in total. The number of benzene rings is 2. The van der Waals surface area contributed by atoms with Crippen molar-refractivity contribution in [2.45, 2.75) is 9.92 Å². The van der Waals surface area contributed by atoms with Crippen LogP contribution in [0.15, 0.2) is 64.5 Å². The molecule has 0 atom stereocenters. The number of rotatable bonds is 3. The maximum Gasteiger partial charge on any atom is 0.337 e. The van der Waals surface area contributed by atoms with Crippen molar-refractivity contribution in [1.29, 1.82) is 0 Å². The maximum atomic E-state index is 12.6. The Kier molecular flexibility index (Phi) is 3.46. The standard InChI is InChI=1S/C16H13NO4S/c1-21-16(18)11-7-8-14-12(9-11)10-15(17-14)22(19,20)13-5-3-2-4-6-13/h2-10,17H,1H3. The van der Waals surface area contributed by atoms with Crippen LogP contribution in [0.5, 0.6) is 0 Å². The zero-order chi connectivity index (χ0) is 15.7. The van der Waals surface area contributed by atoms with Crippen LogP contribution in [0.2, 0.25) is 0 Å². The summed E-state index contributed by atoms with van der Waals surface area (Å²) >= 11 is 0. The summed E-state index contributed by atoms with van der Waals surface area (Å²) in [4.78, 5) is 14.6. The number of ether oxygens (including phenoxy) is 1. The lowest BCUT2D eigenvalue weighted by Gasteiger charge is -2.00. The van der Waals surface area contributed by atoms with Gasteiger partial charge < -0.3 is 9.72 Å². The van der Waals surface area contributed by atoms with Gasteiger partial charge in [0.15, 0.2) is 0 Å². The second-order valence-electron chi connectivity index (χ2n) is 4.74. The van der Waals surface area contributed by atoms with Crippen molar-refractivity contribution in [3.63, 3.8) is 0 Å². The molecule has 3 aromatic rings. The first-order valence-electron chi connectivity index (χ1n) is 6.53. The van der Waals surface area contributed by atoms with Crippen molar-refractivity contribution in [1.82, 2.24) is 4.98 Å². The number of methoxy groups -OCH3 is 1. The van der Waals surface area contributed by atoms with Crippen LogP contribution in [-0.2, 0) is 14.6 Å². The number of carbonyl (C=O) groups is 1. The van der Waals surface area contributed by atoms with Crippen molar-refractivity contribution in [2.75, 3.05) is 7.11 Å². The first-order valence-corrected chi connectivity index (χ1v) is 8.02. The average Bonchev–Trinajstić information content (AvgIpc) is 2.98. The molecule has 3 rings (SSSR count). The predicted molar refractivity (Wildman–Crippen MR) is 81.5 cm³/mol. The van der Waals surface area contributed by atoms with Crippen molar-refractivity contribution in [3.8, 4) is 0 Å². The van der Waals surface area contributed by atoms with Gasteiger partial charge in [0.25, 0.3) is 0 Å². The normalized spacial score (nSPS) is 11.5. The number of fused-ring (bicyclic) bond motifs is 1. The summed E-state index contributed by atoms with van der Waals surface area (Å²) < 4.78 is 29.8. The molecule has 1 heterocycles. The van der Waals surface area contributed by atoms with Gasteiger partial charge >= 0.3 is 5.97 Å². The van der Waals surface area contributed by atoms with Gasteiger partial charge in [-0.15, -0.1) is 0 Å². The number of H-pyrrole nitrogens is 1. The molecule has 0 fully saturated rings. The maximum absolute atomic E-state index is 12.6. The molecule has 0 aliphatic rings. The molecular weight excluding hydrogens is 302 g/mol. The Hall–Kier alpha value is -2.60. The molecule has 6 heteroatoms. The Balaban J connectivity index is 2.11. The molecule has 1 aromatic heterocycles. The lowest BCUT2D eigenvalue weighted by Crippen LogP contribution is -2.01. The molecule has 22 heavy (non-hydrogen) atoms. The van der Waals surface area contributed by atoms with Gasteiger partial charge in [-0.25, -0.2) is 13.2 Å². The number of nitrogens with one attached hydrogen (secondary N) is 1. The van der Waals surface area contributed by atoms with Crippen molar-refractivity contribution in [3.05, 3.63) is 60.2 Å².